The zero-order chi connectivity index (χ0) is 15.9. The van der Waals surface area contributed by atoms with E-state index < -0.39 is 5.60 Å². The highest BCUT2D eigenvalue weighted by molar-refractivity contribution is 9.09. The van der Waals surface area contributed by atoms with Gasteiger partial charge in [-0.1, -0.05) is 15.9 Å². The van der Waals surface area contributed by atoms with Gasteiger partial charge in [0.2, 0.25) is 0 Å². The second-order valence-corrected chi connectivity index (χ2v) is 7.09. The van der Waals surface area contributed by atoms with Crippen molar-refractivity contribution in [3.05, 3.63) is 0 Å². The molecule has 1 fully saturated rings. The monoisotopic (exact) mass is 367 g/mol. The Labute approximate surface area is 135 Å². The number of carbonyl (C=O) groups is 1. The van der Waals surface area contributed by atoms with Crippen LogP contribution in [0.3, 0.4) is 0 Å². The van der Waals surface area contributed by atoms with Gasteiger partial charge in [-0.05, 0) is 20.8 Å². The number of methoxy groups -OCH3 is 1. The molecule has 6 nitrogen and oxygen atoms in total. The number of likely N-dealkylation sites (tertiary alicyclic amines) is 1. The summed E-state index contributed by atoms with van der Waals surface area (Å²) in [5, 5.41) is 0. The van der Waals surface area contributed by atoms with Crippen LogP contribution >= 0.6 is 15.9 Å². The maximum atomic E-state index is 12.0. The molecule has 1 aliphatic rings. The van der Waals surface area contributed by atoms with Crippen molar-refractivity contribution in [2.24, 2.45) is 0 Å². The van der Waals surface area contributed by atoms with Crippen LogP contribution in [0.1, 0.15) is 20.8 Å². The van der Waals surface area contributed by atoms with E-state index in [1.54, 1.807) is 12.0 Å². The number of nitrogens with zero attached hydrogens (tertiary/aromatic N) is 1. The number of amides is 1. The van der Waals surface area contributed by atoms with Gasteiger partial charge in [-0.25, -0.2) is 4.79 Å². The van der Waals surface area contributed by atoms with Crippen molar-refractivity contribution in [3.8, 4) is 0 Å². The average Bonchev–Trinajstić information content (AvgIpc) is 2.73. The predicted octanol–water partition coefficient (Wildman–Crippen LogP) is 2.05. The number of alkyl halides is 1. The molecule has 2 unspecified atom stereocenters. The lowest BCUT2D eigenvalue weighted by atomic mass is 10.2. The number of hydrogen-bond acceptors (Lipinski definition) is 5. The number of halogens is 1. The Balaban J connectivity index is 2.24. The van der Waals surface area contributed by atoms with Crippen LogP contribution in [0, 0.1) is 0 Å². The molecule has 0 saturated carbocycles. The van der Waals surface area contributed by atoms with Crippen LogP contribution in [-0.4, -0.2) is 74.2 Å². The Bertz CT molecular complexity index is 321. The van der Waals surface area contributed by atoms with Crippen LogP contribution in [0.5, 0.6) is 0 Å². The maximum absolute atomic E-state index is 12.0. The predicted molar refractivity (Wildman–Crippen MR) is 83.0 cm³/mol. The second kappa shape index (κ2) is 8.92. The maximum Gasteiger partial charge on any atom is 0.410 e. The summed E-state index contributed by atoms with van der Waals surface area (Å²) in [6.07, 6.45) is -0.335. The normalized spacial score (nSPS) is 22.6. The first-order valence-electron chi connectivity index (χ1n) is 7.14. The lowest BCUT2D eigenvalue weighted by molar-refractivity contribution is -0.00477. The first-order valence-corrected chi connectivity index (χ1v) is 8.05. The third kappa shape index (κ3) is 7.44. The SMILES string of the molecule is COCCOCCOC1CN(C(=O)OC(C)(C)C)CC1Br. The molecule has 7 heteroatoms. The van der Waals surface area contributed by atoms with E-state index in [0.717, 1.165) is 0 Å². The topological polar surface area (TPSA) is 57.2 Å². The van der Waals surface area contributed by atoms with Crippen LogP contribution in [0.25, 0.3) is 0 Å². The van der Waals surface area contributed by atoms with E-state index in [1.165, 1.54) is 0 Å². The van der Waals surface area contributed by atoms with Crippen LogP contribution in [-0.2, 0) is 18.9 Å². The molecule has 0 aliphatic carbocycles. The van der Waals surface area contributed by atoms with Crippen molar-refractivity contribution < 1.29 is 23.7 Å². The largest absolute Gasteiger partial charge is 0.444 e. The summed E-state index contributed by atoms with van der Waals surface area (Å²) in [5.41, 5.74) is -0.479. The highest BCUT2D eigenvalue weighted by Gasteiger charge is 2.36. The van der Waals surface area contributed by atoms with Crippen LogP contribution < -0.4 is 0 Å². The van der Waals surface area contributed by atoms with Gasteiger partial charge in [0.15, 0.2) is 0 Å². The fourth-order valence-corrected chi connectivity index (χ4v) is 2.54. The van der Waals surface area contributed by atoms with Crippen molar-refractivity contribution in [2.75, 3.05) is 46.6 Å². The summed E-state index contributed by atoms with van der Waals surface area (Å²) < 4.78 is 21.3. The molecule has 1 amide bonds. The van der Waals surface area contributed by atoms with Gasteiger partial charge in [0.1, 0.15) is 5.60 Å². The van der Waals surface area contributed by atoms with Gasteiger partial charge in [0.05, 0.1) is 43.9 Å². The number of ether oxygens (including phenoxy) is 4. The molecule has 0 N–H and O–H groups in total. The van der Waals surface area contributed by atoms with E-state index in [9.17, 15) is 4.79 Å². The standard InChI is InChI=1S/C14H26BrNO5/c1-14(2,3)21-13(17)16-9-11(15)12(10-16)20-8-7-19-6-5-18-4/h11-12H,5-10H2,1-4H3. The summed E-state index contributed by atoms with van der Waals surface area (Å²) in [5.74, 6) is 0. The molecule has 0 spiro atoms. The molecule has 0 aromatic rings. The van der Waals surface area contributed by atoms with Crippen LogP contribution in [0.4, 0.5) is 4.79 Å². The number of hydrogen-bond donors (Lipinski definition) is 0. The Morgan fingerprint density at radius 3 is 2.48 bits per heavy atom. The third-order valence-corrected chi connectivity index (χ3v) is 3.72. The van der Waals surface area contributed by atoms with Gasteiger partial charge in [-0.2, -0.15) is 0 Å². The quantitative estimate of drug-likeness (QED) is 0.509. The van der Waals surface area contributed by atoms with E-state index in [1.807, 2.05) is 20.8 Å². The lowest BCUT2D eigenvalue weighted by Crippen LogP contribution is -2.36. The van der Waals surface area contributed by atoms with Gasteiger partial charge in [0, 0.05) is 13.7 Å². The molecular formula is C14H26BrNO5. The van der Waals surface area contributed by atoms with Crippen LogP contribution in [0.15, 0.2) is 0 Å². The number of carbonyl (C=O) groups excluding carboxylic acids is 1. The molecule has 1 heterocycles. The summed E-state index contributed by atoms with van der Waals surface area (Å²) >= 11 is 3.55. The van der Waals surface area contributed by atoms with Gasteiger partial charge in [-0.3, -0.25) is 0 Å². The van der Waals surface area contributed by atoms with E-state index in [0.29, 0.717) is 39.5 Å². The molecule has 0 aromatic heterocycles. The molecule has 124 valence electrons. The molecule has 21 heavy (non-hydrogen) atoms. The average molecular weight is 368 g/mol. The second-order valence-electron chi connectivity index (χ2n) is 5.92. The van der Waals surface area contributed by atoms with E-state index in [2.05, 4.69) is 15.9 Å². The first-order chi connectivity index (χ1) is 9.83. The van der Waals surface area contributed by atoms with Gasteiger partial charge in [-0.15, -0.1) is 0 Å². The fraction of sp³-hybridized carbons (Fsp3) is 0.929. The van der Waals surface area contributed by atoms with Crippen molar-refractivity contribution in [1.82, 2.24) is 4.90 Å². The summed E-state index contributed by atoms with van der Waals surface area (Å²) in [7, 11) is 1.64. The molecule has 0 bridgehead atoms. The van der Waals surface area contributed by atoms with Crippen molar-refractivity contribution >= 4 is 22.0 Å². The molecule has 0 radical (unpaired) electrons. The molecule has 0 aromatic carbocycles. The van der Waals surface area contributed by atoms with E-state index >= 15 is 0 Å². The first kappa shape index (κ1) is 18.7. The van der Waals surface area contributed by atoms with Crippen molar-refractivity contribution in [1.29, 1.82) is 0 Å². The number of rotatable bonds is 7. The van der Waals surface area contributed by atoms with Crippen LogP contribution in [0.2, 0.25) is 0 Å². The van der Waals surface area contributed by atoms with Gasteiger partial charge >= 0.3 is 6.09 Å². The summed E-state index contributed by atoms with van der Waals surface area (Å²) in [6.45, 7) is 8.86. The molecule has 1 rings (SSSR count). The zero-order valence-corrected chi connectivity index (χ0v) is 14.8. The summed E-state index contributed by atoms with van der Waals surface area (Å²) in [4.78, 5) is 13.8. The van der Waals surface area contributed by atoms with E-state index in [4.69, 9.17) is 18.9 Å². The molecule has 2 atom stereocenters. The van der Waals surface area contributed by atoms with E-state index in [-0.39, 0.29) is 17.0 Å². The fourth-order valence-electron chi connectivity index (χ4n) is 1.87. The Morgan fingerprint density at radius 2 is 1.86 bits per heavy atom. The highest BCUT2D eigenvalue weighted by Crippen LogP contribution is 2.22. The Morgan fingerprint density at radius 1 is 1.19 bits per heavy atom. The minimum atomic E-state index is -0.479. The minimum Gasteiger partial charge on any atom is -0.444 e. The Hall–Kier alpha value is -0.370. The van der Waals surface area contributed by atoms with Crippen molar-refractivity contribution in [2.45, 2.75) is 37.3 Å². The highest BCUT2D eigenvalue weighted by atomic mass is 79.9. The van der Waals surface area contributed by atoms with Crippen molar-refractivity contribution in [3.63, 3.8) is 0 Å². The lowest BCUT2D eigenvalue weighted by Gasteiger charge is -2.24. The molecule has 1 saturated heterocycles. The molecule has 1 aliphatic heterocycles. The smallest absolute Gasteiger partial charge is 0.410 e. The third-order valence-electron chi connectivity index (χ3n) is 2.84. The minimum absolute atomic E-state index is 0.0384. The molecular weight excluding hydrogens is 342 g/mol. The van der Waals surface area contributed by atoms with Gasteiger partial charge in [0.25, 0.3) is 0 Å². The zero-order valence-electron chi connectivity index (χ0n) is 13.3. The Kier molecular flexibility index (Phi) is 7.94. The summed E-state index contributed by atoms with van der Waals surface area (Å²) in [6, 6.07) is 0. The van der Waals surface area contributed by atoms with Gasteiger partial charge < -0.3 is 23.8 Å².